The van der Waals surface area contributed by atoms with Gasteiger partial charge in [0, 0.05) is 0 Å². The van der Waals surface area contributed by atoms with Crippen LogP contribution in [0.2, 0.25) is 0 Å². The summed E-state index contributed by atoms with van der Waals surface area (Å²) in [5, 5.41) is 0. The van der Waals surface area contributed by atoms with E-state index in [-0.39, 0.29) is 5.76 Å². The standard InChI is InChI=1S/C14H22N2O3/c1-14(2)7-5-10(6-8-14)18-9-11-3-4-12(19-11)13(17)16-15/h3-4,10H,5-9,15H2,1-2H3,(H,16,17). The molecule has 0 bridgehead atoms. The fourth-order valence-electron chi connectivity index (χ4n) is 2.39. The van der Waals surface area contributed by atoms with Crippen LogP contribution in [-0.2, 0) is 11.3 Å². The molecule has 0 saturated heterocycles. The third kappa shape index (κ3) is 3.81. The number of furan rings is 1. The van der Waals surface area contributed by atoms with E-state index >= 15 is 0 Å². The van der Waals surface area contributed by atoms with Gasteiger partial charge in [0.2, 0.25) is 0 Å². The van der Waals surface area contributed by atoms with E-state index in [9.17, 15) is 4.79 Å². The lowest BCUT2D eigenvalue weighted by atomic mass is 9.76. The van der Waals surface area contributed by atoms with Gasteiger partial charge in [0.15, 0.2) is 5.76 Å². The molecule has 0 aromatic carbocycles. The van der Waals surface area contributed by atoms with Crippen LogP contribution in [0.3, 0.4) is 0 Å². The number of nitrogens with one attached hydrogen (secondary N) is 1. The number of hydrazine groups is 1. The van der Waals surface area contributed by atoms with Crippen LogP contribution < -0.4 is 11.3 Å². The number of nitrogen functional groups attached to an aromatic ring is 1. The molecule has 1 saturated carbocycles. The molecule has 3 N–H and O–H groups in total. The van der Waals surface area contributed by atoms with Crippen molar-refractivity contribution < 1.29 is 13.9 Å². The molecule has 0 atom stereocenters. The van der Waals surface area contributed by atoms with Crippen molar-refractivity contribution in [1.29, 1.82) is 0 Å². The second-order valence-electron chi connectivity index (χ2n) is 5.91. The normalized spacial score (nSPS) is 19.3. The summed E-state index contributed by atoms with van der Waals surface area (Å²) in [6.45, 7) is 5.00. The maximum absolute atomic E-state index is 11.2. The second kappa shape index (κ2) is 5.75. The molecular formula is C14H22N2O3. The van der Waals surface area contributed by atoms with Gasteiger partial charge in [0.1, 0.15) is 12.4 Å². The molecule has 0 radical (unpaired) electrons. The number of amides is 1. The molecule has 5 nitrogen and oxygen atoms in total. The molecule has 1 aromatic rings. The van der Waals surface area contributed by atoms with Crippen molar-refractivity contribution in [3.8, 4) is 0 Å². The molecule has 0 unspecified atom stereocenters. The lowest BCUT2D eigenvalue weighted by molar-refractivity contribution is -0.0122. The second-order valence-corrected chi connectivity index (χ2v) is 5.91. The van der Waals surface area contributed by atoms with E-state index in [1.807, 2.05) is 5.43 Å². The minimum atomic E-state index is -0.425. The first-order chi connectivity index (χ1) is 9.00. The van der Waals surface area contributed by atoms with Crippen LogP contribution >= 0.6 is 0 Å². The maximum Gasteiger partial charge on any atom is 0.300 e. The number of carbonyl (C=O) groups excluding carboxylic acids is 1. The molecule has 0 aliphatic heterocycles. The summed E-state index contributed by atoms with van der Waals surface area (Å²) in [5.74, 6) is 5.48. The van der Waals surface area contributed by atoms with E-state index in [0.717, 1.165) is 12.8 Å². The molecule has 1 amide bonds. The van der Waals surface area contributed by atoms with Gasteiger partial charge in [-0.1, -0.05) is 13.8 Å². The summed E-state index contributed by atoms with van der Waals surface area (Å²) in [6.07, 6.45) is 4.85. The van der Waals surface area contributed by atoms with Gasteiger partial charge < -0.3 is 9.15 Å². The molecule has 5 heteroatoms. The van der Waals surface area contributed by atoms with Crippen LogP contribution in [0.5, 0.6) is 0 Å². The smallest absolute Gasteiger partial charge is 0.300 e. The molecule has 1 aromatic heterocycles. The van der Waals surface area contributed by atoms with Crippen molar-refractivity contribution in [1.82, 2.24) is 5.43 Å². The van der Waals surface area contributed by atoms with Crippen molar-refractivity contribution in [3.63, 3.8) is 0 Å². The molecular weight excluding hydrogens is 244 g/mol. The van der Waals surface area contributed by atoms with Gasteiger partial charge in [-0.2, -0.15) is 0 Å². The van der Waals surface area contributed by atoms with E-state index in [1.54, 1.807) is 12.1 Å². The average molecular weight is 266 g/mol. The number of hydrogen-bond acceptors (Lipinski definition) is 4. The summed E-state index contributed by atoms with van der Waals surface area (Å²) in [7, 11) is 0. The topological polar surface area (TPSA) is 77.5 Å². The van der Waals surface area contributed by atoms with Crippen LogP contribution in [0.15, 0.2) is 16.5 Å². The average Bonchev–Trinajstić information content (AvgIpc) is 2.85. The molecule has 1 aliphatic carbocycles. The molecule has 19 heavy (non-hydrogen) atoms. The first-order valence-electron chi connectivity index (χ1n) is 6.71. The zero-order valence-electron chi connectivity index (χ0n) is 11.6. The molecule has 2 rings (SSSR count). The molecule has 0 spiro atoms. The number of nitrogens with two attached hydrogens (primary N) is 1. The summed E-state index contributed by atoms with van der Waals surface area (Å²) in [5.41, 5.74) is 2.48. The first-order valence-corrected chi connectivity index (χ1v) is 6.71. The molecule has 1 aliphatic rings. The zero-order chi connectivity index (χ0) is 13.9. The van der Waals surface area contributed by atoms with Crippen LogP contribution in [0.25, 0.3) is 0 Å². The van der Waals surface area contributed by atoms with Gasteiger partial charge in [0.05, 0.1) is 6.10 Å². The Bertz CT molecular complexity index is 430. The molecule has 106 valence electrons. The van der Waals surface area contributed by atoms with Gasteiger partial charge in [-0.15, -0.1) is 0 Å². The molecule has 1 heterocycles. The molecule has 1 fully saturated rings. The van der Waals surface area contributed by atoms with Gasteiger partial charge >= 0.3 is 5.91 Å². The van der Waals surface area contributed by atoms with Gasteiger partial charge in [-0.05, 0) is 43.2 Å². The predicted octanol–water partition coefficient (Wildman–Crippen LogP) is 2.37. The minimum absolute atomic E-state index is 0.214. The Morgan fingerprint density at radius 1 is 1.47 bits per heavy atom. The largest absolute Gasteiger partial charge is 0.453 e. The number of rotatable bonds is 4. The van der Waals surface area contributed by atoms with Crippen LogP contribution in [0.4, 0.5) is 0 Å². The Balaban J connectivity index is 1.80. The Kier molecular flexibility index (Phi) is 4.27. The highest BCUT2D eigenvalue weighted by Gasteiger charge is 2.27. The number of ether oxygens (including phenoxy) is 1. The minimum Gasteiger partial charge on any atom is -0.453 e. The fourth-order valence-corrected chi connectivity index (χ4v) is 2.39. The number of carbonyl (C=O) groups is 1. The summed E-state index contributed by atoms with van der Waals surface area (Å²) in [6, 6.07) is 3.35. The van der Waals surface area contributed by atoms with E-state index in [0.29, 0.717) is 23.9 Å². The van der Waals surface area contributed by atoms with Gasteiger partial charge in [-0.25, -0.2) is 5.84 Å². The SMILES string of the molecule is CC1(C)CCC(OCc2ccc(C(=O)NN)o2)CC1. The first kappa shape index (κ1) is 14.1. The highest BCUT2D eigenvalue weighted by Crippen LogP contribution is 2.36. The van der Waals surface area contributed by atoms with Gasteiger partial charge in [0.25, 0.3) is 0 Å². The third-order valence-electron chi connectivity index (χ3n) is 3.76. The lowest BCUT2D eigenvalue weighted by Gasteiger charge is -2.33. The number of hydrogen-bond donors (Lipinski definition) is 2. The van der Waals surface area contributed by atoms with Gasteiger partial charge in [-0.3, -0.25) is 10.2 Å². The van der Waals surface area contributed by atoms with Crippen molar-refractivity contribution in [2.45, 2.75) is 52.2 Å². The van der Waals surface area contributed by atoms with E-state index in [2.05, 4.69) is 13.8 Å². The third-order valence-corrected chi connectivity index (χ3v) is 3.76. The van der Waals surface area contributed by atoms with Crippen molar-refractivity contribution in [3.05, 3.63) is 23.7 Å². The van der Waals surface area contributed by atoms with Crippen molar-refractivity contribution in [2.75, 3.05) is 0 Å². The monoisotopic (exact) mass is 266 g/mol. The maximum atomic E-state index is 11.2. The quantitative estimate of drug-likeness (QED) is 0.498. The van der Waals surface area contributed by atoms with E-state index in [1.165, 1.54) is 12.8 Å². The highest BCUT2D eigenvalue weighted by atomic mass is 16.5. The van der Waals surface area contributed by atoms with Crippen LogP contribution in [0, 0.1) is 5.41 Å². The zero-order valence-corrected chi connectivity index (χ0v) is 11.6. The predicted molar refractivity (Wildman–Crippen MR) is 71.2 cm³/mol. The fraction of sp³-hybridized carbons (Fsp3) is 0.643. The van der Waals surface area contributed by atoms with Crippen molar-refractivity contribution >= 4 is 5.91 Å². The highest BCUT2D eigenvalue weighted by molar-refractivity contribution is 5.90. The Morgan fingerprint density at radius 3 is 2.79 bits per heavy atom. The van der Waals surface area contributed by atoms with Crippen LogP contribution in [-0.4, -0.2) is 12.0 Å². The van der Waals surface area contributed by atoms with Crippen LogP contribution in [0.1, 0.15) is 55.8 Å². The summed E-state index contributed by atoms with van der Waals surface area (Å²) in [4.78, 5) is 11.2. The Morgan fingerprint density at radius 2 is 2.16 bits per heavy atom. The Hall–Kier alpha value is -1.33. The van der Waals surface area contributed by atoms with E-state index < -0.39 is 5.91 Å². The lowest BCUT2D eigenvalue weighted by Crippen LogP contribution is -2.29. The summed E-state index contributed by atoms with van der Waals surface area (Å²) < 4.78 is 11.2. The van der Waals surface area contributed by atoms with Crippen molar-refractivity contribution in [2.24, 2.45) is 11.3 Å². The Labute approximate surface area is 113 Å². The summed E-state index contributed by atoms with van der Waals surface area (Å²) >= 11 is 0. The van der Waals surface area contributed by atoms with E-state index in [4.69, 9.17) is 15.0 Å².